The molecule has 0 unspecified atom stereocenters. The van der Waals surface area contributed by atoms with Crippen LogP contribution < -0.4 is 29.4 Å². The summed E-state index contributed by atoms with van der Waals surface area (Å²) in [5.74, 6) is 4.49. The molecule has 0 saturated heterocycles. The van der Waals surface area contributed by atoms with Crippen LogP contribution in [-0.4, -0.2) is 108 Å². The van der Waals surface area contributed by atoms with Crippen LogP contribution in [0.5, 0.6) is 0 Å². The van der Waals surface area contributed by atoms with E-state index in [1.54, 1.807) is 0 Å². The number of rotatable bonds is 12. The van der Waals surface area contributed by atoms with Gasteiger partial charge >= 0.3 is 73.3 Å². The summed E-state index contributed by atoms with van der Waals surface area (Å²) < 4.78 is 0. The predicted molar refractivity (Wildman–Crippen MR) is 173 cm³/mol. The maximum Gasteiger partial charge on any atom is 3.00 e. The molecule has 0 atom stereocenters. The van der Waals surface area contributed by atoms with Gasteiger partial charge in [-0.1, -0.05) is 41.5 Å². The average molecular weight is 1010 g/mol. The third kappa shape index (κ3) is 34.1. The summed E-state index contributed by atoms with van der Waals surface area (Å²) in [6.45, 7) is 11.9. The Hall–Kier alpha value is 5.60. The largest absolute Gasteiger partial charge is 3.00 e. The first kappa shape index (κ1) is 54.1. The second-order valence-electron chi connectivity index (χ2n) is 6.95. The Morgan fingerprint density at radius 2 is 0.500 bits per heavy atom. The molecule has 6 radical (unpaired) electrons. The van der Waals surface area contributed by atoms with E-state index in [1.165, 1.54) is 0 Å². The van der Waals surface area contributed by atoms with Crippen LogP contribution in [-0.2, 0) is 67.0 Å². The van der Waals surface area contributed by atoms with Gasteiger partial charge in [0.25, 0.3) is 0 Å². The third-order valence-electron chi connectivity index (χ3n) is 3.59. The fourth-order valence-corrected chi connectivity index (χ4v) is 18.5. The first-order valence-electron chi connectivity index (χ1n) is 11.2. The number of hydrogen-bond acceptors (Lipinski definition) is 9. The van der Waals surface area contributed by atoms with E-state index >= 15 is 0 Å². The molecule has 0 aliphatic rings. The van der Waals surface area contributed by atoms with Gasteiger partial charge in [-0.15, -0.1) is 0 Å². The topological polar surface area (TPSA) is 138 Å². The molecule has 0 saturated carbocycles. The van der Waals surface area contributed by atoms with Crippen LogP contribution in [0.15, 0.2) is 0 Å². The van der Waals surface area contributed by atoms with Crippen molar-refractivity contribution in [2.75, 3.05) is 34.5 Å². The molecule has 0 aliphatic heterocycles. The quantitative estimate of drug-likeness (QED) is 0.150. The Labute approximate surface area is 297 Å². The summed E-state index contributed by atoms with van der Waals surface area (Å²) in [6, 6.07) is 0. The summed E-state index contributed by atoms with van der Waals surface area (Å²) in [5.41, 5.74) is -10.3. The molecule has 0 aromatic rings. The zero-order valence-corrected chi connectivity index (χ0v) is 37.3. The molecule has 0 N–H and O–H groups in total. The van der Waals surface area contributed by atoms with Crippen molar-refractivity contribution in [2.24, 2.45) is 0 Å². The maximum absolute atomic E-state index is 11.0. The van der Waals surface area contributed by atoms with Crippen molar-refractivity contribution in [1.29, 1.82) is 0 Å². The fourth-order valence-electron chi connectivity index (χ4n) is 2.39. The minimum absolute atomic E-state index is 0. The molecule has 0 heterocycles. The summed E-state index contributed by atoms with van der Waals surface area (Å²) in [5, 5.41) is 0. The van der Waals surface area contributed by atoms with E-state index in [1.807, 2.05) is 41.5 Å². The van der Waals surface area contributed by atoms with Crippen LogP contribution >= 0.6 is 17.1 Å². The molecular weight excluding hydrogens is 963 g/mol. The molecule has 0 spiro atoms. The molecule has 6 nitrogen and oxygen atoms in total. The molecule has 0 fully saturated rings. The normalized spacial score (nSPS) is 11.5. The SMILES string of the molecule is CCCS(CCC)=P([O-])([O-])[S-].CCCS(CCC)=P([O-])([O-])[S-].CCCS(CCC)=P([O-])([O-])[S-].[Sb+3].[Sb+3].[Sb+3]. The molecule has 0 amide bonds. The van der Waals surface area contributed by atoms with Gasteiger partial charge in [0.05, 0.1) is 0 Å². The van der Waals surface area contributed by atoms with E-state index in [-0.39, 0.29) is 73.3 Å². The van der Waals surface area contributed by atoms with Gasteiger partial charge in [0, 0.05) is 0 Å². The third-order valence-corrected chi connectivity index (χ3v) is 25.4. The summed E-state index contributed by atoms with van der Waals surface area (Å²) >= 11 is 13.3. The molecule has 18 heteroatoms. The second-order valence-corrected chi connectivity index (χ2v) is 30.2. The molecule has 36 heavy (non-hydrogen) atoms. The van der Waals surface area contributed by atoms with Crippen molar-refractivity contribution in [3.05, 3.63) is 0 Å². The standard InChI is InChI=1S/3C6H14O2PS2.3Sb/c3*1-3-5-11(6-4-2)9(7,8)10;;;/h3*3-6H2,1-2H3;;;/q3*-3;3*+3. The van der Waals surface area contributed by atoms with Crippen molar-refractivity contribution in [1.82, 2.24) is 0 Å². The Bertz CT molecular complexity index is 548. The van der Waals surface area contributed by atoms with Crippen LogP contribution in [0.4, 0.5) is 0 Å². The maximum atomic E-state index is 11.0. The molecule has 0 bridgehead atoms. The molecule has 0 aliphatic carbocycles. The fraction of sp³-hybridized carbons (Fsp3) is 1.00. The van der Waals surface area contributed by atoms with E-state index < -0.39 is 47.3 Å². The summed E-state index contributed by atoms with van der Waals surface area (Å²) in [7, 11) is -1.58. The van der Waals surface area contributed by atoms with Gasteiger partial charge in [-0.25, -0.2) is 30.2 Å². The molecule has 0 rings (SSSR count). The van der Waals surface area contributed by atoms with Crippen LogP contribution in [0.3, 0.4) is 0 Å². The Balaban J connectivity index is -0.0000000900. The Morgan fingerprint density at radius 1 is 0.389 bits per heavy atom. The van der Waals surface area contributed by atoms with E-state index in [2.05, 4.69) is 36.7 Å². The first-order chi connectivity index (χ1) is 15.1. The van der Waals surface area contributed by atoms with Crippen molar-refractivity contribution in [3.8, 4) is 0 Å². The first-order valence-corrected chi connectivity index (χ1v) is 25.6. The zero-order chi connectivity index (χ0) is 26.7. The van der Waals surface area contributed by atoms with Gasteiger partial charge in [-0.3, -0.25) is 0 Å². The van der Waals surface area contributed by atoms with Crippen LogP contribution in [0, 0.1) is 0 Å². The minimum atomic E-state index is -3.45. The van der Waals surface area contributed by atoms with Gasteiger partial charge < -0.3 is 83.2 Å². The number of hydrogen-bond donors (Lipinski definition) is 0. The van der Waals surface area contributed by atoms with Crippen molar-refractivity contribution < 1.29 is 29.4 Å². The zero-order valence-electron chi connectivity index (χ0n) is 22.1. The molecule has 0 aromatic carbocycles. The summed E-state index contributed by atoms with van der Waals surface area (Å²) in [4.78, 5) is 65.8. The Morgan fingerprint density at radius 3 is 0.556 bits per heavy atom. The van der Waals surface area contributed by atoms with E-state index in [4.69, 9.17) is 0 Å². The van der Waals surface area contributed by atoms with E-state index in [9.17, 15) is 29.4 Å². The minimum Gasteiger partial charge on any atom is -0.854 e. The smallest absolute Gasteiger partial charge is 0.854 e. The summed E-state index contributed by atoms with van der Waals surface area (Å²) in [6.07, 6.45) is 5.45. The van der Waals surface area contributed by atoms with Crippen molar-refractivity contribution in [2.45, 2.75) is 80.1 Å². The molecular formula is C18H42O6P3S6Sb3. The predicted octanol–water partition coefficient (Wildman–Crippen LogP) is -0.0330. The van der Waals surface area contributed by atoms with Gasteiger partial charge in [-0.05, 0) is 73.0 Å². The van der Waals surface area contributed by atoms with E-state index in [0.717, 1.165) is 73.0 Å². The monoisotopic (exact) mass is 1000 g/mol. The second kappa shape index (κ2) is 32.0. The van der Waals surface area contributed by atoms with Crippen LogP contribution in [0.2, 0.25) is 0 Å². The van der Waals surface area contributed by atoms with Gasteiger partial charge in [0.15, 0.2) is 0 Å². The van der Waals surface area contributed by atoms with Crippen LogP contribution in [0.1, 0.15) is 80.1 Å². The van der Waals surface area contributed by atoms with Crippen molar-refractivity contribution in [3.63, 3.8) is 0 Å². The Kier molecular flexibility index (Phi) is 48.1. The van der Waals surface area contributed by atoms with Gasteiger partial charge in [-0.2, -0.15) is 0 Å². The van der Waals surface area contributed by atoms with Crippen molar-refractivity contribution >= 4 is 157 Å². The van der Waals surface area contributed by atoms with Gasteiger partial charge in [0.2, 0.25) is 0 Å². The van der Waals surface area contributed by atoms with E-state index in [0.29, 0.717) is 0 Å². The average Bonchev–Trinajstić information content (AvgIpc) is 2.66. The van der Waals surface area contributed by atoms with Gasteiger partial charge in [0.1, 0.15) is 0 Å². The molecule has 216 valence electrons. The van der Waals surface area contributed by atoms with Crippen LogP contribution in [0.25, 0.3) is 0 Å². The molecule has 0 aromatic heterocycles.